The van der Waals surface area contributed by atoms with Crippen molar-refractivity contribution in [2.45, 2.75) is 32.7 Å². The fourth-order valence-electron chi connectivity index (χ4n) is 2.13. The first-order valence-electron chi connectivity index (χ1n) is 6.43. The first kappa shape index (κ1) is 15.3. The van der Waals surface area contributed by atoms with Gasteiger partial charge in [-0.15, -0.1) is 17.5 Å². The normalized spacial score (nSPS) is 19.5. The van der Waals surface area contributed by atoms with E-state index in [1.165, 1.54) is 12.8 Å². The first-order valence-corrected chi connectivity index (χ1v) is 6.43. The first-order chi connectivity index (χ1) is 8.40. The van der Waals surface area contributed by atoms with Gasteiger partial charge in [0.2, 0.25) is 0 Å². The average molecular weight is 276 g/mol. The van der Waals surface area contributed by atoms with E-state index in [2.05, 4.69) is 20.8 Å². The minimum Gasteiger partial charge on any atom is -0.381 e. The highest BCUT2D eigenvalue weighted by Crippen LogP contribution is 2.10. The summed E-state index contributed by atoms with van der Waals surface area (Å²) in [6, 6.07) is 0. The number of nitrogens with one attached hydrogen (secondary N) is 1. The lowest BCUT2D eigenvalue weighted by Gasteiger charge is -2.22. The molecule has 18 heavy (non-hydrogen) atoms. The molecule has 0 aromatic carbocycles. The second-order valence-electron chi connectivity index (χ2n) is 4.45. The molecular formula is C11H22ClN5O. The molecule has 2 rings (SSSR count). The standard InChI is InChI=1S/C11H21N5O.ClH/c1-2-16-11(13-14-15-16)5-7-17-9-10-4-3-6-12-8-10;/h10,12H,2-9H2,1H3;1H/t10-;/m0./s1. The summed E-state index contributed by atoms with van der Waals surface area (Å²) in [5.41, 5.74) is 0. The van der Waals surface area contributed by atoms with Crippen LogP contribution in [0, 0.1) is 5.92 Å². The third-order valence-corrected chi connectivity index (χ3v) is 3.13. The Morgan fingerprint density at radius 2 is 2.39 bits per heavy atom. The van der Waals surface area contributed by atoms with E-state index in [1.807, 2.05) is 11.6 Å². The minimum absolute atomic E-state index is 0. The molecule has 0 spiro atoms. The van der Waals surface area contributed by atoms with Crippen LogP contribution in [-0.2, 0) is 17.7 Å². The van der Waals surface area contributed by atoms with Crippen molar-refractivity contribution in [1.29, 1.82) is 0 Å². The topological polar surface area (TPSA) is 64.9 Å². The molecule has 0 amide bonds. The molecule has 0 radical (unpaired) electrons. The van der Waals surface area contributed by atoms with E-state index in [1.54, 1.807) is 0 Å². The van der Waals surface area contributed by atoms with Crippen LogP contribution >= 0.6 is 12.4 Å². The molecular weight excluding hydrogens is 254 g/mol. The Balaban J connectivity index is 0.00000162. The number of tetrazole rings is 1. The quantitative estimate of drug-likeness (QED) is 0.773. The third kappa shape index (κ3) is 4.51. The van der Waals surface area contributed by atoms with Crippen molar-refractivity contribution in [3.8, 4) is 0 Å². The Labute approximate surface area is 114 Å². The Bertz CT molecular complexity index is 327. The molecule has 0 bridgehead atoms. The summed E-state index contributed by atoms with van der Waals surface area (Å²) in [4.78, 5) is 0. The van der Waals surface area contributed by atoms with Crippen LogP contribution in [0.15, 0.2) is 0 Å². The molecule has 1 aliphatic heterocycles. The molecule has 104 valence electrons. The molecule has 0 unspecified atom stereocenters. The second kappa shape index (κ2) is 8.39. The summed E-state index contributed by atoms with van der Waals surface area (Å²) in [5.74, 6) is 1.58. The van der Waals surface area contributed by atoms with E-state index in [9.17, 15) is 0 Å². The number of hydrogen-bond acceptors (Lipinski definition) is 5. The van der Waals surface area contributed by atoms with Crippen LogP contribution in [0.3, 0.4) is 0 Å². The van der Waals surface area contributed by atoms with Gasteiger partial charge in [-0.25, -0.2) is 4.68 Å². The summed E-state index contributed by atoms with van der Waals surface area (Å²) in [5, 5.41) is 14.9. The molecule has 0 saturated carbocycles. The highest BCUT2D eigenvalue weighted by Gasteiger charge is 2.13. The van der Waals surface area contributed by atoms with E-state index in [4.69, 9.17) is 4.74 Å². The molecule has 7 heteroatoms. The van der Waals surface area contributed by atoms with E-state index >= 15 is 0 Å². The zero-order chi connectivity index (χ0) is 11.9. The van der Waals surface area contributed by atoms with Crippen LogP contribution in [0.2, 0.25) is 0 Å². The number of halogens is 1. The fourth-order valence-corrected chi connectivity index (χ4v) is 2.13. The SMILES string of the molecule is CCn1nnnc1CCOC[C@H]1CCCNC1.Cl. The van der Waals surface area contributed by atoms with Crippen molar-refractivity contribution in [1.82, 2.24) is 25.5 Å². The molecule has 1 N–H and O–H groups in total. The average Bonchev–Trinajstić information content (AvgIpc) is 2.83. The van der Waals surface area contributed by atoms with Crippen LogP contribution in [0.4, 0.5) is 0 Å². The number of nitrogens with zero attached hydrogens (tertiary/aromatic N) is 4. The molecule has 6 nitrogen and oxygen atoms in total. The van der Waals surface area contributed by atoms with Gasteiger partial charge in [-0.2, -0.15) is 0 Å². The third-order valence-electron chi connectivity index (χ3n) is 3.13. The molecule has 1 aliphatic rings. The van der Waals surface area contributed by atoms with Crippen LogP contribution < -0.4 is 5.32 Å². The van der Waals surface area contributed by atoms with Gasteiger partial charge >= 0.3 is 0 Å². The fraction of sp³-hybridized carbons (Fsp3) is 0.909. The lowest BCUT2D eigenvalue weighted by atomic mass is 10.0. The molecule has 1 fully saturated rings. The van der Waals surface area contributed by atoms with Crippen LogP contribution in [0.1, 0.15) is 25.6 Å². The van der Waals surface area contributed by atoms with Gasteiger partial charge in [0, 0.05) is 19.5 Å². The summed E-state index contributed by atoms with van der Waals surface area (Å²) < 4.78 is 7.51. The Hall–Kier alpha value is -0.720. The number of aryl methyl sites for hydroxylation is 1. The summed E-state index contributed by atoms with van der Waals surface area (Å²) in [7, 11) is 0. The Morgan fingerprint density at radius 3 is 3.11 bits per heavy atom. The van der Waals surface area contributed by atoms with Gasteiger partial charge in [0.25, 0.3) is 0 Å². The monoisotopic (exact) mass is 275 g/mol. The highest BCUT2D eigenvalue weighted by molar-refractivity contribution is 5.85. The molecule has 1 aromatic heterocycles. The number of aromatic nitrogens is 4. The largest absolute Gasteiger partial charge is 0.381 e. The van der Waals surface area contributed by atoms with Gasteiger partial charge in [0.05, 0.1) is 13.2 Å². The number of ether oxygens (including phenoxy) is 1. The Morgan fingerprint density at radius 1 is 1.50 bits per heavy atom. The van der Waals surface area contributed by atoms with Crippen LogP contribution in [0.25, 0.3) is 0 Å². The van der Waals surface area contributed by atoms with Crippen molar-refractivity contribution >= 4 is 12.4 Å². The maximum atomic E-state index is 5.70. The maximum absolute atomic E-state index is 5.70. The minimum atomic E-state index is 0. The van der Waals surface area contributed by atoms with Crippen molar-refractivity contribution in [3.05, 3.63) is 5.82 Å². The van der Waals surface area contributed by atoms with E-state index in [-0.39, 0.29) is 12.4 Å². The Kier molecular flexibility index (Phi) is 7.15. The number of hydrogen-bond donors (Lipinski definition) is 1. The lowest BCUT2D eigenvalue weighted by Crippen LogP contribution is -2.32. The van der Waals surface area contributed by atoms with Gasteiger partial charge in [-0.05, 0) is 42.7 Å². The predicted molar refractivity (Wildman–Crippen MR) is 70.9 cm³/mol. The van der Waals surface area contributed by atoms with Crippen molar-refractivity contribution in [3.63, 3.8) is 0 Å². The number of piperidine rings is 1. The van der Waals surface area contributed by atoms with Gasteiger partial charge in [0.15, 0.2) is 5.82 Å². The van der Waals surface area contributed by atoms with Gasteiger partial charge in [-0.3, -0.25) is 0 Å². The summed E-state index contributed by atoms with van der Waals surface area (Å²) in [6.07, 6.45) is 3.34. The molecule has 1 atom stereocenters. The van der Waals surface area contributed by atoms with Gasteiger partial charge < -0.3 is 10.1 Å². The maximum Gasteiger partial charge on any atom is 0.153 e. The van der Waals surface area contributed by atoms with E-state index < -0.39 is 0 Å². The molecule has 2 heterocycles. The van der Waals surface area contributed by atoms with Crippen molar-refractivity contribution < 1.29 is 4.74 Å². The van der Waals surface area contributed by atoms with E-state index in [0.29, 0.717) is 12.5 Å². The zero-order valence-electron chi connectivity index (χ0n) is 10.8. The van der Waals surface area contributed by atoms with Gasteiger partial charge in [-0.1, -0.05) is 0 Å². The molecule has 1 saturated heterocycles. The summed E-state index contributed by atoms with van der Waals surface area (Å²) >= 11 is 0. The second-order valence-corrected chi connectivity index (χ2v) is 4.45. The van der Waals surface area contributed by atoms with Crippen LogP contribution in [0.5, 0.6) is 0 Å². The lowest BCUT2D eigenvalue weighted by molar-refractivity contribution is 0.0907. The number of rotatable bonds is 6. The van der Waals surface area contributed by atoms with Crippen molar-refractivity contribution in [2.75, 3.05) is 26.3 Å². The summed E-state index contributed by atoms with van der Waals surface area (Å²) in [6.45, 7) is 6.65. The molecule has 1 aromatic rings. The highest BCUT2D eigenvalue weighted by atomic mass is 35.5. The smallest absolute Gasteiger partial charge is 0.153 e. The van der Waals surface area contributed by atoms with E-state index in [0.717, 1.165) is 38.5 Å². The van der Waals surface area contributed by atoms with Gasteiger partial charge in [0.1, 0.15) is 0 Å². The van der Waals surface area contributed by atoms with Crippen LogP contribution in [-0.4, -0.2) is 46.5 Å². The molecule has 0 aliphatic carbocycles. The predicted octanol–water partition coefficient (Wildman–Crippen LogP) is 0.673. The van der Waals surface area contributed by atoms with Crippen molar-refractivity contribution in [2.24, 2.45) is 5.92 Å². The zero-order valence-corrected chi connectivity index (χ0v) is 11.7.